The third-order valence-electron chi connectivity index (χ3n) is 2.31. The summed E-state index contributed by atoms with van der Waals surface area (Å²) in [5.74, 6) is 0. The van der Waals surface area contributed by atoms with Crippen molar-refractivity contribution in [3.05, 3.63) is 21.4 Å². The fourth-order valence-electron chi connectivity index (χ4n) is 1.39. The molecule has 92 valence electrons. The lowest BCUT2D eigenvalue weighted by atomic mass is 10.2. The summed E-state index contributed by atoms with van der Waals surface area (Å²) in [5, 5.41) is 3.33. The molecule has 0 aliphatic heterocycles. The van der Waals surface area contributed by atoms with Crippen molar-refractivity contribution in [1.82, 2.24) is 5.32 Å². The van der Waals surface area contributed by atoms with E-state index in [2.05, 4.69) is 25.2 Å². The molecule has 0 aliphatic carbocycles. The van der Waals surface area contributed by atoms with Crippen molar-refractivity contribution in [1.29, 1.82) is 0 Å². The summed E-state index contributed by atoms with van der Waals surface area (Å²) in [5.41, 5.74) is 1.30. The first-order chi connectivity index (χ1) is 7.77. The average Bonchev–Trinajstić information content (AvgIpc) is 2.63. The van der Waals surface area contributed by atoms with Gasteiger partial charge < -0.3 is 14.8 Å². The summed E-state index contributed by atoms with van der Waals surface area (Å²) >= 11 is 1.84. The zero-order valence-corrected chi connectivity index (χ0v) is 11.2. The maximum absolute atomic E-state index is 5.52. The molecule has 0 aromatic carbocycles. The zero-order valence-electron chi connectivity index (χ0n) is 10.3. The Hall–Kier alpha value is -0.420. The molecule has 0 aliphatic rings. The van der Waals surface area contributed by atoms with E-state index in [1.807, 2.05) is 11.3 Å². The number of aryl methyl sites for hydroxylation is 1. The minimum Gasteiger partial charge on any atom is -0.382 e. The van der Waals surface area contributed by atoms with E-state index in [0.717, 1.165) is 13.1 Å². The van der Waals surface area contributed by atoms with E-state index in [1.54, 1.807) is 7.11 Å². The molecule has 0 spiro atoms. The lowest BCUT2D eigenvalue weighted by Crippen LogP contribution is -2.10. The van der Waals surface area contributed by atoms with E-state index in [4.69, 9.17) is 9.47 Å². The molecule has 4 heteroatoms. The fourth-order valence-corrected chi connectivity index (χ4v) is 2.41. The summed E-state index contributed by atoms with van der Waals surface area (Å²) in [7, 11) is 1.69. The average molecular weight is 243 g/mol. The predicted octanol–water partition coefficient (Wildman–Crippen LogP) is 2.33. The van der Waals surface area contributed by atoms with Gasteiger partial charge in [0.1, 0.15) is 0 Å². The van der Waals surface area contributed by atoms with Gasteiger partial charge in [0.15, 0.2) is 0 Å². The van der Waals surface area contributed by atoms with Crippen LogP contribution in [-0.4, -0.2) is 26.9 Å². The summed E-state index contributed by atoms with van der Waals surface area (Å²) in [4.78, 5) is 2.73. The molecule has 1 heterocycles. The second-order valence-electron chi connectivity index (χ2n) is 3.62. The number of ether oxygens (including phenoxy) is 2. The third-order valence-corrected chi connectivity index (χ3v) is 3.40. The number of thiophene rings is 1. The maximum atomic E-state index is 5.52. The highest BCUT2D eigenvalue weighted by molar-refractivity contribution is 7.12. The topological polar surface area (TPSA) is 30.5 Å². The van der Waals surface area contributed by atoms with Crippen LogP contribution < -0.4 is 5.32 Å². The minimum absolute atomic E-state index is 0.660. The van der Waals surface area contributed by atoms with Gasteiger partial charge in [-0.3, -0.25) is 0 Å². The molecule has 0 amide bonds. The third kappa shape index (κ3) is 4.61. The van der Waals surface area contributed by atoms with Crippen LogP contribution in [-0.2, 0) is 22.6 Å². The lowest BCUT2D eigenvalue weighted by molar-refractivity contribution is 0.0616. The van der Waals surface area contributed by atoms with Gasteiger partial charge >= 0.3 is 0 Å². The molecule has 0 bridgehead atoms. The summed E-state index contributed by atoms with van der Waals surface area (Å²) in [6.45, 7) is 8.25. The van der Waals surface area contributed by atoms with E-state index in [-0.39, 0.29) is 0 Å². The van der Waals surface area contributed by atoms with Crippen LogP contribution in [0.5, 0.6) is 0 Å². The van der Waals surface area contributed by atoms with Crippen molar-refractivity contribution in [2.75, 3.05) is 26.9 Å². The molecule has 1 aromatic heterocycles. The van der Waals surface area contributed by atoms with Crippen LogP contribution in [0.1, 0.15) is 22.2 Å². The van der Waals surface area contributed by atoms with Gasteiger partial charge in [-0.2, -0.15) is 0 Å². The van der Waals surface area contributed by atoms with Crippen LogP contribution in [0.15, 0.2) is 6.07 Å². The van der Waals surface area contributed by atoms with E-state index >= 15 is 0 Å². The standard InChI is InChI=1S/C12H21NO2S/c1-4-13-8-12-7-11(10(2)16-12)9-15-6-5-14-3/h7,13H,4-6,8-9H2,1-3H3. The summed E-state index contributed by atoms with van der Waals surface area (Å²) in [6.07, 6.45) is 0. The van der Waals surface area contributed by atoms with Crippen molar-refractivity contribution in [3.8, 4) is 0 Å². The van der Waals surface area contributed by atoms with Gasteiger partial charge in [0.25, 0.3) is 0 Å². The van der Waals surface area contributed by atoms with Crippen LogP contribution in [0.3, 0.4) is 0 Å². The summed E-state index contributed by atoms with van der Waals surface area (Å²) in [6, 6.07) is 2.23. The Morgan fingerprint density at radius 1 is 1.38 bits per heavy atom. The van der Waals surface area contributed by atoms with E-state index in [0.29, 0.717) is 19.8 Å². The molecule has 1 rings (SSSR count). The highest BCUT2D eigenvalue weighted by Crippen LogP contribution is 2.22. The second kappa shape index (κ2) is 7.79. The van der Waals surface area contributed by atoms with Crippen molar-refractivity contribution in [3.63, 3.8) is 0 Å². The Morgan fingerprint density at radius 2 is 2.19 bits per heavy atom. The number of methoxy groups -OCH3 is 1. The lowest BCUT2D eigenvalue weighted by Gasteiger charge is -2.02. The molecule has 1 aromatic rings. The van der Waals surface area contributed by atoms with Crippen molar-refractivity contribution in [2.45, 2.75) is 27.0 Å². The van der Waals surface area contributed by atoms with Crippen molar-refractivity contribution < 1.29 is 9.47 Å². The van der Waals surface area contributed by atoms with Gasteiger partial charge in [-0.05, 0) is 25.1 Å². The first kappa shape index (κ1) is 13.6. The molecule has 1 N–H and O–H groups in total. The largest absolute Gasteiger partial charge is 0.382 e. The van der Waals surface area contributed by atoms with E-state index < -0.39 is 0 Å². The molecule has 0 radical (unpaired) electrons. The Kier molecular flexibility index (Phi) is 6.64. The Bertz CT molecular complexity index is 299. The first-order valence-electron chi connectivity index (χ1n) is 5.63. The van der Waals surface area contributed by atoms with Gasteiger partial charge in [0.2, 0.25) is 0 Å². The Morgan fingerprint density at radius 3 is 2.88 bits per heavy atom. The van der Waals surface area contributed by atoms with Crippen LogP contribution in [0, 0.1) is 6.92 Å². The Labute approximate surface area is 102 Å². The number of hydrogen-bond donors (Lipinski definition) is 1. The van der Waals surface area contributed by atoms with Gasteiger partial charge in [-0.15, -0.1) is 11.3 Å². The van der Waals surface area contributed by atoms with Crippen LogP contribution >= 0.6 is 11.3 Å². The number of nitrogens with one attached hydrogen (secondary N) is 1. The smallest absolute Gasteiger partial charge is 0.0728 e. The monoisotopic (exact) mass is 243 g/mol. The second-order valence-corrected chi connectivity index (χ2v) is 4.96. The minimum atomic E-state index is 0.660. The van der Waals surface area contributed by atoms with Crippen LogP contribution in [0.25, 0.3) is 0 Å². The van der Waals surface area contributed by atoms with Crippen molar-refractivity contribution >= 4 is 11.3 Å². The molecule has 0 saturated heterocycles. The van der Waals surface area contributed by atoms with Gasteiger partial charge in [0.05, 0.1) is 19.8 Å². The zero-order chi connectivity index (χ0) is 11.8. The SMILES string of the molecule is CCNCc1cc(COCCOC)c(C)s1. The molecule has 0 fully saturated rings. The molecule has 0 atom stereocenters. The maximum Gasteiger partial charge on any atom is 0.0728 e. The molecule has 0 saturated carbocycles. The van der Waals surface area contributed by atoms with Gasteiger partial charge in [0, 0.05) is 23.4 Å². The highest BCUT2D eigenvalue weighted by Gasteiger charge is 2.05. The summed E-state index contributed by atoms with van der Waals surface area (Å²) < 4.78 is 10.5. The van der Waals surface area contributed by atoms with E-state index in [1.165, 1.54) is 15.3 Å². The van der Waals surface area contributed by atoms with Crippen molar-refractivity contribution in [2.24, 2.45) is 0 Å². The van der Waals surface area contributed by atoms with Gasteiger partial charge in [-0.25, -0.2) is 0 Å². The number of rotatable bonds is 8. The van der Waals surface area contributed by atoms with Gasteiger partial charge in [-0.1, -0.05) is 6.92 Å². The highest BCUT2D eigenvalue weighted by atomic mass is 32.1. The molecular weight excluding hydrogens is 222 g/mol. The Balaban J connectivity index is 2.37. The van der Waals surface area contributed by atoms with E-state index in [9.17, 15) is 0 Å². The number of hydrogen-bond acceptors (Lipinski definition) is 4. The molecule has 16 heavy (non-hydrogen) atoms. The molecular formula is C12H21NO2S. The molecule has 3 nitrogen and oxygen atoms in total. The predicted molar refractivity (Wildman–Crippen MR) is 68.0 cm³/mol. The van der Waals surface area contributed by atoms with Crippen LogP contribution in [0.4, 0.5) is 0 Å². The van der Waals surface area contributed by atoms with Crippen LogP contribution in [0.2, 0.25) is 0 Å². The quantitative estimate of drug-likeness (QED) is 0.711. The first-order valence-corrected chi connectivity index (χ1v) is 6.45. The molecule has 0 unspecified atom stereocenters. The normalized spacial score (nSPS) is 10.9. The fraction of sp³-hybridized carbons (Fsp3) is 0.667.